The summed E-state index contributed by atoms with van der Waals surface area (Å²) in [6.07, 6.45) is 45.8. The summed E-state index contributed by atoms with van der Waals surface area (Å²) in [5, 5.41) is 17.2. The zero-order valence-electron chi connectivity index (χ0n) is 26.2. The number of carbonyl (C=O) groups is 2. The van der Waals surface area contributed by atoms with Crippen molar-refractivity contribution in [1.82, 2.24) is 0 Å². The molecule has 0 aromatic heterocycles. The zero-order valence-corrected chi connectivity index (χ0v) is 26.2. The molecule has 0 aromatic carbocycles. The van der Waals surface area contributed by atoms with Crippen LogP contribution in [0.1, 0.15) is 193 Å². The van der Waals surface area contributed by atoms with Gasteiger partial charge < -0.3 is 10.2 Å². The fourth-order valence-electron chi connectivity index (χ4n) is 5.37. The van der Waals surface area contributed by atoms with Gasteiger partial charge in [0.2, 0.25) is 0 Å². The number of carboxylic acid groups (broad SMARTS) is 2. The molecule has 0 saturated heterocycles. The first-order valence-electron chi connectivity index (χ1n) is 17.4. The number of unbranched alkanes of at least 4 members (excludes halogenated alkanes) is 27. The molecule has 0 unspecified atom stereocenters. The van der Waals surface area contributed by atoms with Gasteiger partial charge in [-0.3, -0.25) is 4.79 Å². The van der Waals surface area contributed by atoms with Crippen LogP contribution in [0.4, 0.5) is 0 Å². The van der Waals surface area contributed by atoms with Crippen LogP contribution in [0.5, 0.6) is 0 Å². The third kappa shape index (κ3) is 36.4. The molecule has 0 bridgehead atoms. The van der Waals surface area contributed by atoms with Crippen LogP contribution in [-0.2, 0) is 9.59 Å². The van der Waals surface area contributed by atoms with Crippen LogP contribution in [0.3, 0.4) is 0 Å². The van der Waals surface area contributed by atoms with E-state index in [0.717, 1.165) is 25.7 Å². The molecule has 0 saturated carbocycles. The van der Waals surface area contributed by atoms with Gasteiger partial charge in [-0.25, -0.2) is 4.79 Å². The Morgan fingerprint density at radius 3 is 0.875 bits per heavy atom. The number of hydrogen-bond acceptors (Lipinski definition) is 2. The quantitative estimate of drug-likeness (QED) is 0.0474. The van der Waals surface area contributed by atoms with Crippen molar-refractivity contribution >= 4 is 11.9 Å². The molecule has 4 heteroatoms. The van der Waals surface area contributed by atoms with Crippen molar-refractivity contribution in [3.63, 3.8) is 0 Å². The molecule has 0 aliphatic rings. The van der Waals surface area contributed by atoms with Crippen molar-refractivity contribution in [1.29, 1.82) is 0 Å². The molecule has 0 heterocycles. The third-order valence-electron chi connectivity index (χ3n) is 7.93. The fraction of sp³-hybridized carbons (Fsp3) is 0.833. The van der Waals surface area contributed by atoms with Crippen molar-refractivity contribution in [3.8, 4) is 0 Å². The predicted molar refractivity (Wildman–Crippen MR) is 172 cm³/mol. The molecule has 234 valence electrons. The minimum atomic E-state index is -0.836. The van der Waals surface area contributed by atoms with Crippen molar-refractivity contribution in [2.75, 3.05) is 0 Å². The van der Waals surface area contributed by atoms with Gasteiger partial charge >= 0.3 is 11.9 Å². The van der Waals surface area contributed by atoms with Crippen LogP contribution in [0.2, 0.25) is 0 Å². The zero-order chi connectivity index (χ0) is 29.2. The van der Waals surface area contributed by atoms with Gasteiger partial charge in [-0.15, -0.1) is 0 Å². The van der Waals surface area contributed by atoms with Crippen molar-refractivity contribution in [2.24, 2.45) is 0 Å². The standard InChI is InChI=1S/C36H66O4/c37-35(38)33-31-29-27-25-23-21-19-17-15-13-11-9-7-5-3-1-2-4-6-8-10-12-14-16-18-20-22-24-26-28-30-32-34-36(39)40/h17,19,32,34H,1-16,18,20-31,33H2,(H,37,38)(H,39,40)/b19-17+,34-32?. The van der Waals surface area contributed by atoms with Crippen molar-refractivity contribution in [2.45, 2.75) is 193 Å². The molecule has 0 aliphatic heterocycles. The van der Waals surface area contributed by atoms with Crippen LogP contribution in [0.15, 0.2) is 24.3 Å². The maximum absolute atomic E-state index is 10.5. The Bertz CT molecular complexity index is 596. The van der Waals surface area contributed by atoms with Crippen LogP contribution in [-0.4, -0.2) is 22.2 Å². The normalized spacial score (nSPS) is 11.7. The first-order chi connectivity index (χ1) is 19.6. The van der Waals surface area contributed by atoms with E-state index in [0.29, 0.717) is 6.42 Å². The lowest BCUT2D eigenvalue weighted by Gasteiger charge is -2.04. The minimum Gasteiger partial charge on any atom is -0.481 e. The summed E-state index contributed by atoms with van der Waals surface area (Å²) in [6, 6.07) is 0. The van der Waals surface area contributed by atoms with Crippen LogP contribution in [0, 0.1) is 0 Å². The molecule has 0 aromatic rings. The largest absolute Gasteiger partial charge is 0.481 e. The average molecular weight is 563 g/mol. The smallest absolute Gasteiger partial charge is 0.327 e. The summed E-state index contributed by atoms with van der Waals surface area (Å²) in [6.45, 7) is 0. The van der Waals surface area contributed by atoms with Gasteiger partial charge in [-0.2, -0.15) is 0 Å². The van der Waals surface area contributed by atoms with E-state index in [-0.39, 0.29) is 0 Å². The van der Waals surface area contributed by atoms with Crippen molar-refractivity contribution in [3.05, 3.63) is 24.3 Å². The highest BCUT2D eigenvalue weighted by molar-refractivity contribution is 5.79. The molecule has 4 nitrogen and oxygen atoms in total. The first-order valence-corrected chi connectivity index (χ1v) is 17.4. The van der Waals surface area contributed by atoms with Crippen molar-refractivity contribution < 1.29 is 19.8 Å². The van der Waals surface area contributed by atoms with E-state index >= 15 is 0 Å². The lowest BCUT2D eigenvalue weighted by molar-refractivity contribution is -0.137. The van der Waals surface area contributed by atoms with E-state index in [1.807, 2.05) is 0 Å². The molecule has 0 rings (SSSR count). The molecule has 0 amide bonds. The monoisotopic (exact) mass is 562 g/mol. The summed E-state index contributed by atoms with van der Waals surface area (Å²) < 4.78 is 0. The number of carboxylic acids is 2. The Hall–Kier alpha value is -1.58. The fourth-order valence-corrected chi connectivity index (χ4v) is 5.37. The predicted octanol–water partition coefficient (Wildman–Crippen LogP) is 12.0. The summed E-state index contributed by atoms with van der Waals surface area (Å²) in [5.74, 6) is -1.50. The molecule has 2 N–H and O–H groups in total. The number of hydrogen-bond donors (Lipinski definition) is 2. The molecule has 0 atom stereocenters. The summed E-state index contributed by atoms with van der Waals surface area (Å²) in [5.41, 5.74) is 0. The van der Waals surface area contributed by atoms with E-state index < -0.39 is 11.9 Å². The first kappa shape index (κ1) is 38.4. The van der Waals surface area contributed by atoms with Gasteiger partial charge in [0.1, 0.15) is 0 Å². The SMILES string of the molecule is O=C(O)C=CCCCCCCCCCCCCCCCCCCCCCCC/C=C/CCCCCCCC(=O)O. The summed E-state index contributed by atoms with van der Waals surface area (Å²) >= 11 is 0. The maximum atomic E-state index is 10.5. The van der Waals surface area contributed by atoms with E-state index in [4.69, 9.17) is 10.2 Å². The lowest BCUT2D eigenvalue weighted by atomic mass is 10.0. The minimum absolute atomic E-state index is 0.324. The second-order valence-electron chi connectivity index (χ2n) is 11.9. The van der Waals surface area contributed by atoms with Gasteiger partial charge in [0, 0.05) is 12.5 Å². The van der Waals surface area contributed by atoms with Crippen LogP contribution >= 0.6 is 0 Å². The molecule has 0 radical (unpaired) electrons. The number of aliphatic carboxylic acids is 2. The average Bonchev–Trinajstić information content (AvgIpc) is 2.93. The topological polar surface area (TPSA) is 74.6 Å². The van der Waals surface area contributed by atoms with Gasteiger partial charge in [-0.05, 0) is 44.9 Å². The molecule has 0 aliphatic carbocycles. The Kier molecular flexibility index (Phi) is 32.3. The van der Waals surface area contributed by atoms with Crippen LogP contribution in [0.25, 0.3) is 0 Å². The number of allylic oxidation sites excluding steroid dienone is 3. The molecular formula is C36H66O4. The highest BCUT2D eigenvalue weighted by Crippen LogP contribution is 2.16. The number of rotatable bonds is 33. The molecule has 40 heavy (non-hydrogen) atoms. The highest BCUT2D eigenvalue weighted by Gasteiger charge is 1.97. The molecule has 0 fully saturated rings. The Morgan fingerprint density at radius 2 is 0.600 bits per heavy atom. The lowest BCUT2D eigenvalue weighted by Crippen LogP contribution is -1.93. The van der Waals surface area contributed by atoms with Gasteiger partial charge in [0.25, 0.3) is 0 Å². The summed E-state index contributed by atoms with van der Waals surface area (Å²) in [4.78, 5) is 20.8. The van der Waals surface area contributed by atoms with Crippen LogP contribution < -0.4 is 0 Å². The molecular weight excluding hydrogens is 496 g/mol. The van der Waals surface area contributed by atoms with E-state index in [2.05, 4.69) is 12.2 Å². The van der Waals surface area contributed by atoms with Gasteiger partial charge in [0.15, 0.2) is 0 Å². The Labute approximate surface area is 248 Å². The van der Waals surface area contributed by atoms with E-state index in [1.54, 1.807) is 6.08 Å². The third-order valence-corrected chi connectivity index (χ3v) is 7.93. The Morgan fingerprint density at radius 1 is 0.350 bits per heavy atom. The highest BCUT2D eigenvalue weighted by atomic mass is 16.4. The van der Waals surface area contributed by atoms with Gasteiger partial charge in [-0.1, -0.05) is 159 Å². The summed E-state index contributed by atoms with van der Waals surface area (Å²) in [7, 11) is 0. The van der Waals surface area contributed by atoms with Gasteiger partial charge in [0.05, 0.1) is 0 Å². The maximum Gasteiger partial charge on any atom is 0.327 e. The Balaban J connectivity index is 3.10. The second-order valence-corrected chi connectivity index (χ2v) is 11.9. The second kappa shape index (κ2) is 33.6. The van der Waals surface area contributed by atoms with E-state index in [1.165, 1.54) is 167 Å². The van der Waals surface area contributed by atoms with E-state index in [9.17, 15) is 9.59 Å². The molecule has 0 spiro atoms.